The molecule has 8 heteroatoms. The van der Waals surface area contributed by atoms with E-state index in [0.717, 1.165) is 18.5 Å². The van der Waals surface area contributed by atoms with Crippen LogP contribution in [0.25, 0.3) is 0 Å². The highest BCUT2D eigenvalue weighted by Crippen LogP contribution is 2.36. The maximum Gasteiger partial charge on any atom is 0.257 e. The van der Waals surface area contributed by atoms with Crippen molar-refractivity contribution in [3.8, 4) is 0 Å². The summed E-state index contributed by atoms with van der Waals surface area (Å²) in [6.45, 7) is 3.38. The van der Waals surface area contributed by atoms with Crippen molar-refractivity contribution >= 4 is 11.8 Å². The highest BCUT2D eigenvalue weighted by Gasteiger charge is 2.37. The number of nitrogens with zero attached hydrogens (tertiary/aromatic N) is 4. The van der Waals surface area contributed by atoms with Crippen LogP contribution in [0.3, 0.4) is 0 Å². The average Bonchev–Trinajstić information content (AvgIpc) is 3.23. The zero-order valence-electron chi connectivity index (χ0n) is 14.2. The monoisotopic (exact) mass is 330 g/mol. The van der Waals surface area contributed by atoms with E-state index in [1.54, 1.807) is 37.4 Å². The predicted octanol–water partition coefficient (Wildman–Crippen LogP) is 0.697. The normalized spacial score (nSPS) is 16.9. The summed E-state index contributed by atoms with van der Waals surface area (Å²) >= 11 is 0. The van der Waals surface area contributed by atoms with Gasteiger partial charge in [0.2, 0.25) is 0 Å². The van der Waals surface area contributed by atoms with Crippen LogP contribution >= 0.6 is 0 Å². The number of aromatic amines is 1. The highest BCUT2D eigenvalue weighted by atomic mass is 16.2. The second kappa shape index (κ2) is 6.10. The fourth-order valence-electron chi connectivity index (χ4n) is 3.22. The molecule has 0 spiro atoms. The Bertz CT molecular complexity index is 754. The van der Waals surface area contributed by atoms with Crippen molar-refractivity contribution in [1.29, 1.82) is 0 Å². The molecule has 2 amide bonds. The first-order valence-corrected chi connectivity index (χ1v) is 7.98. The molecule has 1 aliphatic rings. The molecule has 0 atom stereocenters. The first kappa shape index (κ1) is 16.2. The summed E-state index contributed by atoms with van der Waals surface area (Å²) in [6.07, 6.45) is 6.42. The maximum atomic E-state index is 12.5. The second-order valence-corrected chi connectivity index (χ2v) is 6.49. The molecule has 0 aromatic carbocycles. The number of carbonyl (C=O) groups is 2. The van der Waals surface area contributed by atoms with E-state index in [1.165, 1.54) is 0 Å². The van der Waals surface area contributed by atoms with E-state index in [1.807, 2.05) is 4.90 Å². The molecule has 2 aromatic rings. The van der Waals surface area contributed by atoms with Crippen molar-refractivity contribution in [1.82, 2.24) is 30.2 Å². The number of H-pyrrole nitrogens is 1. The van der Waals surface area contributed by atoms with Crippen LogP contribution in [0.2, 0.25) is 0 Å². The molecular weight excluding hydrogens is 308 g/mol. The van der Waals surface area contributed by atoms with Gasteiger partial charge >= 0.3 is 0 Å². The summed E-state index contributed by atoms with van der Waals surface area (Å²) in [6, 6.07) is 0. The first-order valence-electron chi connectivity index (χ1n) is 7.98. The number of nitrogens with one attached hydrogen (secondary N) is 2. The third kappa shape index (κ3) is 2.79. The minimum absolute atomic E-state index is 0.00119. The van der Waals surface area contributed by atoms with Crippen molar-refractivity contribution in [2.45, 2.75) is 25.2 Å². The second-order valence-electron chi connectivity index (χ2n) is 6.49. The Morgan fingerprint density at radius 3 is 2.58 bits per heavy atom. The van der Waals surface area contributed by atoms with E-state index in [-0.39, 0.29) is 17.2 Å². The topological polar surface area (TPSA) is 95.9 Å². The average molecular weight is 330 g/mol. The molecule has 0 aliphatic carbocycles. The van der Waals surface area contributed by atoms with Crippen LogP contribution in [0.5, 0.6) is 0 Å². The molecule has 2 N–H and O–H groups in total. The standard InChI is InChI=1S/C16H22N6O2/c1-16(13-12(9-18-20-13)14(23)17-2)4-6-22(7-5-16)15(24)11-8-19-21(3)10-11/h8-10H,4-7H2,1-3H3,(H,17,23)(H,18,20). The number of hydrogen-bond donors (Lipinski definition) is 2. The van der Waals surface area contributed by atoms with Crippen molar-refractivity contribution in [2.24, 2.45) is 7.05 Å². The lowest BCUT2D eigenvalue weighted by molar-refractivity contribution is 0.0671. The third-order valence-corrected chi connectivity index (χ3v) is 4.82. The highest BCUT2D eigenvalue weighted by molar-refractivity contribution is 5.95. The molecule has 0 bridgehead atoms. The summed E-state index contributed by atoms with van der Waals surface area (Å²) in [5.41, 5.74) is 1.82. The van der Waals surface area contributed by atoms with Crippen molar-refractivity contribution in [3.05, 3.63) is 35.4 Å². The molecule has 1 fully saturated rings. The fraction of sp³-hybridized carbons (Fsp3) is 0.500. The Morgan fingerprint density at radius 1 is 1.29 bits per heavy atom. The number of aromatic nitrogens is 4. The van der Waals surface area contributed by atoms with Crippen molar-refractivity contribution < 1.29 is 9.59 Å². The molecule has 1 saturated heterocycles. The molecule has 0 unspecified atom stereocenters. The smallest absolute Gasteiger partial charge is 0.257 e. The fourth-order valence-corrected chi connectivity index (χ4v) is 3.22. The van der Waals surface area contributed by atoms with E-state index >= 15 is 0 Å². The molecule has 24 heavy (non-hydrogen) atoms. The molecule has 3 rings (SSSR count). The van der Waals surface area contributed by atoms with Gasteiger partial charge < -0.3 is 10.2 Å². The van der Waals surface area contributed by atoms with Crippen molar-refractivity contribution in [3.63, 3.8) is 0 Å². The summed E-state index contributed by atoms with van der Waals surface area (Å²) in [5.74, 6) is -0.143. The summed E-state index contributed by atoms with van der Waals surface area (Å²) in [5, 5.41) is 13.7. The number of piperidine rings is 1. The van der Waals surface area contributed by atoms with Crippen molar-refractivity contribution in [2.75, 3.05) is 20.1 Å². The Hall–Kier alpha value is -2.64. The van der Waals surface area contributed by atoms with Gasteiger partial charge in [-0.15, -0.1) is 0 Å². The lowest BCUT2D eigenvalue weighted by Gasteiger charge is -2.39. The van der Waals surface area contributed by atoms with Gasteiger partial charge in [-0.25, -0.2) is 0 Å². The van der Waals surface area contributed by atoms with Gasteiger partial charge in [0.05, 0.1) is 29.2 Å². The number of aryl methyl sites for hydroxylation is 1. The van der Waals surface area contributed by atoms with Gasteiger partial charge in [-0.05, 0) is 12.8 Å². The largest absolute Gasteiger partial charge is 0.355 e. The Balaban J connectivity index is 1.73. The minimum atomic E-state index is -0.204. The van der Waals surface area contributed by atoms with Crippen LogP contribution in [0.15, 0.2) is 18.6 Å². The third-order valence-electron chi connectivity index (χ3n) is 4.82. The number of amides is 2. The van der Waals surface area contributed by atoms with Crippen LogP contribution in [-0.4, -0.2) is 56.8 Å². The molecule has 0 radical (unpaired) electrons. The summed E-state index contributed by atoms with van der Waals surface area (Å²) < 4.78 is 1.63. The summed E-state index contributed by atoms with van der Waals surface area (Å²) in [4.78, 5) is 26.4. The quantitative estimate of drug-likeness (QED) is 0.866. The molecule has 0 saturated carbocycles. The minimum Gasteiger partial charge on any atom is -0.355 e. The predicted molar refractivity (Wildman–Crippen MR) is 87.7 cm³/mol. The van der Waals surface area contributed by atoms with E-state index in [0.29, 0.717) is 24.2 Å². The molecule has 8 nitrogen and oxygen atoms in total. The van der Waals surface area contributed by atoms with E-state index in [9.17, 15) is 9.59 Å². The van der Waals surface area contributed by atoms with E-state index in [2.05, 4.69) is 27.5 Å². The Morgan fingerprint density at radius 2 is 2.00 bits per heavy atom. The van der Waals surface area contributed by atoms with Gasteiger partial charge in [0.1, 0.15) is 0 Å². The number of rotatable bonds is 3. The van der Waals surface area contributed by atoms with Gasteiger partial charge in [0.25, 0.3) is 11.8 Å². The van der Waals surface area contributed by atoms with Crippen LogP contribution in [0.4, 0.5) is 0 Å². The molecule has 1 aliphatic heterocycles. The molecular formula is C16H22N6O2. The van der Waals surface area contributed by atoms with Crippen LogP contribution < -0.4 is 5.32 Å². The Labute approximate surface area is 140 Å². The molecule has 3 heterocycles. The zero-order valence-corrected chi connectivity index (χ0v) is 14.2. The van der Waals surface area contributed by atoms with Crippen LogP contribution in [0.1, 0.15) is 46.2 Å². The van der Waals surface area contributed by atoms with Gasteiger partial charge in [-0.2, -0.15) is 10.2 Å². The van der Waals surface area contributed by atoms with Gasteiger partial charge in [-0.3, -0.25) is 19.4 Å². The summed E-state index contributed by atoms with van der Waals surface area (Å²) in [7, 11) is 3.40. The van der Waals surface area contributed by atoms with Gasteiger partial charge in [0.15, 0.2) is 0 Å². The number of carbonyl (C=O) groups excluding carboxylic acids is 2. The lowest BCUT2D eigenvalue weighted by Crippen LogP contribution is -2.44. The lowest BCUT2D eigenvalue weighted by atomic mass is 9.76. The van der Waals surface area contributed by atoms with Gasteiger partial charge in [0, 0.05) is 38.8 Å². The number of hydrogen-bond acceptors (Lipinski definition) is 4. The van der Waals surface area contributed by atoms with Gasteiger partial charge in [-0.1, -0.05) is 6.92 Å². The zero-order chi connectivity index (χ0) is 17.3. The number of likely N-dealkylation sites (tertiary alicyclic amines) is 1. The van der Waals surface area contributed by atoms with Crippen LogP contribution in [-0.2, 0) is 12.5 Å². The van der Waals surface area contributed by atoms with E-state index < -0.39 is 0 Å². The maximum absolute atomic E-state index is 12.5. The van der Waals surface area contributed by atoms with Crippen LogP contribution in [0, 0.1) is 0 Å². The SMILES string of the molecule is CNC(=O)c1cn[nH]c1C1(C)CCN(C(=O)c2cnn(C)c2)CC1. The molecule has 128 valence electrons. The van der Waals surface area contributed by atoms with E-state index in [4.69, 9.17) is 0 Å². The Kier molecular flexibility index (Phi) is 4.13. The first-order chi connectivity index (χ1) is 11.4. The molecule has 2 aromatic heterocycles.